The average molecular weight is 360 g/mol. The van der Waals surface area contributed by atoms with Crippen LogP contribution in [0.1, 0.15) is 104 Å². The molecule has 0 rings (SSSR count). The maximum atomic E-state index is 9.23. The summed E-state index contributed by atoms with van der Waals surface area (Å²) in [6, 6.07) is 0.110. The van der Waals surface area contributed by atoms with Gasteiger partial charge in [0.1, 0.15) is 0 Å². The van der Waals surface area contributed by atoms with E-state index in [2.05, 4.69) is 6.92 Å². The zero-order valence-electron chi connectivity index (χ0n) is 16.6. The van der Waals surface area contributed by atoms with Crippen LogP contribution in [0.2, 0.25) is 0 Å². The molecular formula is C21H45NOS. The summed E-state index contributed by atoms with van der Waals surface area (Å²) in [6.45, 7) is 4.51. The van der Waals surface area contributed by atoms with Crippen LogP contribution in [0.25, 0.3) is 0 Å². The molecular weight excluding hydrogens is 314 g/mol. The summed E-state index contributed by atoms with van der Waals surface area (Å²) in [5, 5.41) is 9.23. The maximum absolute atomic E-state index is 9.23. The minimum absolute atomic E-state index is 0.110. The first kappa shape index (κ1) is 24.3. The van der Waals surface area contributed by atoms with E-state index in [4.69, 9.17) is 5.73 Å². The Morgan fingerprint density at radius 3 is 1.54 bits per heavy atom. The van der Waals surface area contributed by atoms with Crippen LogP contribution in [0.3, 0.4) is 0 Å². The molecule has 0 heterocycles. The topological polar surface area (TPSA) is 46.2 Å². The second-order valence-corrected chi connectivity index (χ2v) is 8.62. The molecule has 0 spiro atoms. The summed E-state index contributed by atoms with van der Waals surface area (Å²) in [7, 11) is 0. The van der Waals surface area contributed by atoms with E-state index >= 15 is 0 Å². The van der Waals surface area contributed by atoms with Crippen molar-refractivity contribution >= 4 is 11.8 Å². The lowest BCUT2D eigenvalue weighted by molar-refractivity contribution is 0.224. The van der Waals surface area contributed by atoms with Crippen LogP contribution in [-0.2, 0) is 0 Å². The van der Waals surface area contributed by atoms with Gasteiger partial charge in [-0.05, 0) is 24.9 Å². The first-order chi connectivity index (χ1) is 11.7. The summed E-state index contributed by atoms with van der Waals surface area (Å²) in [6.07, 6.45) is 19.9. The highest BCUT2D eigenvalue weighted by Crippen LogP contribution is 2.16. The Labute approximate surface area is 156 Å². The zero-order chi connectivity index (χ0) is 17.9. The minimum Gasteiger partial charge on any atom is -0.396 e. The van der Waals surface area contributed by atoms with E-state index in [1.165, 1.54) is 95.6 Å². The molecule has 2 unspecified atom stereocenters. The third-order valence-electron chi connectivity index (χ3n) is 4.95. The highest BCUT2D eigenvalue weighted by atomic mass is 32.2. The van der Waals surface area contributed by atoms with Gasteiger partial charge in [-0.1, -0.05) is 90.4 Å². The number of hydrogen-bond acceptors (Lipinski definition) is 3. The Bertz CT molecular complexity index is 236. The quantitative estimate of drug-likeness (QED) is 0.272. The van der Waals surface area contributed by atoms with Crippen molar-refractivity contribution in [2.45, 2.75) is 110 Å². The first-order valence-electron chi connectivity index (χ1n) is 10.7. The molecule has 0 fully saturated rings. The van der Waals surface area contributed by atoms with Gasteiger partial charge in [-0.15, -0.1) is 0 Å². The predicted octanol–water partition coefficient (Wildman–Crippen LogP) is 6.16. The van der Waals surface area contributed by atoms with Crippen LogP contribution in [0.5, 0.6) is 0 Å². The van der Waals surface area contributed by atoms with Crippen molar-refractivity contribution in [3.63, 3.8) is 0 Å². The zero-order valence-corrected chi connectivity index (χ0v) is 17.4. The number of aliphatic hydroxyl groups is 1. The molecule has 0 aromatic rings. The lowest BCUT2D eigenvalue weighted by Crippen LogP contribution is -2.31. The van der Waals surface area contributed by atoms with Crippen molar-refractivity contribution in [3.05, 3.63) is 0 Å². The molecule has 3 heteroatoms. The van der Waals surface area contributed by atoms with Gasteiger partial charge in [-0.25, -0.2) is 0 Å². The van der Waals surface area contributed by atoms with Crippen LogP contribution in [0.15, 0.2) is 0 Å². The normalized spacial score (nSPS) is 14.0. The minimum atomic E-state index is 0.110. The molecule has 3 N–H and O–H groups in total. The summed E-state index contributed by atoms with van der Waals surface area (Å²) in [4.78, 5) is 0. The van der Waals surface area contributed by atoms with Crippen LogP contribution < -0.4 is 5.73 Å². The molecule has 0 aliphatic carbocycles. The Morgan fingerprint density at radius 2 is 1.17 bits per heavy atom. The number of nitrogens with two attached hydrogens (primary N) is 1. The van der Waals surface area contributed by atoms with Crippen molar-refractivity contribution in [2.75, 3.05) is 18.1 Å². The van der Waals surface area contributed by atoms with Crippen LogP contribution in [-0.4, -0.2) is 29.3 Å². The van der Waals surface area contributed by atoms with Crippen LogP contribution >= 0.6 is 11.8 Å². The first-order valence-corrected chi connectivity index (χ1v) is 11.8. The van der Waals surface area contributed by atoms with Crippen LogP contribution in [0, 0.1) is 5.92 Å². The average Bonchev–Trinajstić information content (AvgIpc) is 2.57. The summed E-state index contributed by atoms with van der Waals surface area (Å²) in [5.41, 5.74) is 5.84. The third kappa shape index (κ3) is 17.1. The molecule has 0 saturated heterocycles. The van der Waals surface area contributed by atoms with Gasteiger partial charge in [-0.3, -0.25) is 0 Å². The van der Waals surface area contributed by atoms with Crippen LogP contribution in [0.4, 0.5) is 0 Å². The number of thioether (sulfide) groups is 1. The van der Waals surface area contributed by atoms with E-state index in [1.54, 1.807) is 0 Å². The Balaban J connectivity index is 3.10. The second-order valence-electron chi connectivity index (χ2n) is 7.47. The molecule has 24 heavy (non-hydrogen) atoms. The van der Waals surface area contributed by atoms with Gasteiger partial charge < -0.3 is 10.8 Å². The molecule has 0 aliphatic rings. The maximum Gasteiger partial charge on any atom is 0.0481 e. The van der Waals surface area contributed by atoms with Gasteiger partial charge in [0.15, 0.2) is 0 Å². The number of hydrogen-bond donors (Lipinski definition) is 2. The van der Waals surface area contributed by atoms with Crippen molar-refractivity contribution in [1.29, 1.82) is 0 Å². The predicted molar refractivity (Wildman–Crippen MR) is 112 cm³/mol. The molecule has 0 amide bonds. The molecule has 0 aromatic heterocycles. The molecule has 0 aromatic carbocycles. The number of rotatable bonds is 19. The van der Waals surface area contributed by atoms with Crippen molar-refractivity contribution < 1.29 is 5.11 Å². The van der Waals surface area contributed by atoms with E-state index in [0.29, 0.717) is 0 Å². The van der Waals surface area contributed by atoms with Gasteiger partial charge in [-0.2, -0.15) is 11.8 Å². The molecule has 0 bridgehead atoms. The van der Waals surface area contributed by atoms with E-state index in [0.717, 1.165) is 5.75 Å². The largest absolute Gasteiger partial charge is 0.396 e. The van der Waals surface area contributed by atoms with Crippen molar-refractivity contribution in [1.82, 2.24) is 0 Å². The lowest BCUT2D eigenvalue weighted by atomic mass is 10.0. The molecule has 146 valence electrons. The van der Waals surface area contributed by atoms with Gasteiger partial charge in [0.05, 0.1) is 0 Å². The fraction of sp³-hybridized carbons (Fsp3) is 1.00. The van der Waals surface area contributed by atoms with Gasteiger partial charge in [0.25, 0.3) is 0 Å². The van der Waals surface area contributed by atoms with E-state index in [-0.39, 0.29) is 18.6 Å². The number of aliphatic hydroxyl groups excluding tert-OH is 1. The van der Waals surface area contributed by atoms with Crippen molar-refractivity contribution in [3.8, 4) is 0 Å². The fourth-order valence-electron chi connectivity index (χ4n) is 3.00. The van der Waals surface area contributed by atoms with E-state index < -0.39 is 0 Å². The standard InChI is InChI=1S/C21H45NOS/c1-3-4-5-6-7-8-9-10-11-12-13-14-15-16-17-24-19-21(18-23)20(2)22/h20-21,23H,3-19,22H2,1-2H3. The molecule has 0 saturated carbocycles. The highest BCUT2D eigenvalue weighted by Gasteiger charge is 2.11. The monoisotopic (exact) mass is 359 g/mol. The highest BCUT2D eigenvalue weighted by molar-refractivity contribution is 7.99. The number of unbranched alkanes of at least 4 members (excludes halogenated alkanes) is 13. The molecule has 2 atom stereocenters. The van der Waals surface area contributed by atoms with Crippen molar-refractivity contribution in [2.24, 2.45) is 11.7 Å². The van der Waals surface area contributed by atoms with Gasteiger partial charge >= 0.3 is 0 Å². The second kappa shape index (κ2) is 19.6. The van der Waals surface area contributed by atoms with Gasteiger partial charge in [0.2, 0.25) is 0 Å². The van der Waals surface area contributed by atoms with E-state index in [1.807, 2.05) is 18.7 Å². The molecule has 0 radical (unpaired) electrons. The SMILES string of the molecule is CCCCCCCCCCCCCCCCSCC(CO)C(C)N. The smallest absolute Gasteiger partial charge is 0.0481 e. The Kier molecular flexibility index (Phi) is 19.8. The Morgan fingerprint density at radius 1 is 0.750 bits per heavy atom. The summed E-state index contributed by atoms with van der Waals surface area (Å²) < 4.78 is 0. The molecule has 2 nitrogen and oxygen atoms in total. The summed E-state index contributed by atoms with van der Waals surface area (Å²) >= 11 is 1.96. The lowest BCUT2D eigenvalue weighted by Gasteiger charge is -2.17. The van der Waals surface area contributed by atoms with E-state index in [9.17, 15) is 5.11 Å². The fourth-order valence-corrected chi connectivity index (χ4v) is 4.29. The van der Waals surface area contributed by atoms with Gasteiger partial charge in [0, 0.05) is 18.6 Å². The summed E-state index contributed by atoms with van der Waals surface area (Å²) in [5.74, 6) is 2.50. The third-order valence-corrected chi connectivity index (χ3v) is 6.19. The molecule has 0 aliphatic heterocycles. The Hall–Kier alpha value is 0.270.